The molecule has 2 fully saturated rings. The Labute approximate surface area is 253 Å². The molecule has 0 aromatic heterocycles. The summed E-state index contributed by atoms with van der Waals surface area (Å²) in [7, 11) is -3.91. The van der Waals surface area contributed by atoms with E-state index in [1.165, 1.54) is 11.1 Å². The van der Waals surface area contributed by atoms with Gasteiger partial charge in [-0.05, 0) is 98.7 Å². The Morgan fingerprint density at radius 1 is 1.12 bits per heavy atom. The maximum absolute atomic E-state index is 13.3. The number of hydrogen-bond acceptors (Lipinski definition) is 7. The molecule has 6 atom stereocenters. The van der Waals surface area contributed by atoms with E-state index in [-0.39, 0.29) is 23.4 Å². The lowest BCUT2D eigenvalue weighted by molar-refractivity contribution is -0.126. The lowest BCUT2D eigenvalue weighted by Crippen LogP contribution is -2.51. The summed E-state index contributed by atoms with van der Waals surface area (Å²) in [6.07, 6.45) is 6.28. The van der Waals surface area contributed by atoms with Gasteiger partial charge >= 0.3 is 0 Å². The average molecular weight is 615 g/mol. The molecule has 1 amide bonds. The minimum absolute atomic E-state index is 0.0569. The number of hydrogen-bond donors (Lipinski definition) is 1. The number of amides is 1. The minimum atomic E-state index is -3.91. The van der Waals surface area contributed by atoms with Crippen LogP contribution in [0.25, 0.3) is 0 Å². The first-order chi connectivity index (χ1) is 20.2. The van der Waals surface area contributed by atoms with Crippen LogP contribution >= 0.6 is 11.6 Å². The van der Waals surface area contributed by atoms with Crippen molar-refractivity contribution in [3.05, 3.63) is 58.1 Å². The highest BCUT2D eigenvalue weighted by atomic mass is 35.5. The van der Waals surface area contributed by atoms with Crippen LogP contribution in [0.2, 0.25) is 5.02 Å². The number of carbonyl (C=O) groups excluding carboxylic acids is 1. The summed E-state index contributed by atoms with van der Waals surface area (Å²) in [5.74, 6) is 0.657. The maximum atomic E-state index is 13.3. The molecule has 5 aliphatic rings. The summed E-state index contributed by atoms with van der Waals surface area (Å²) >= 11 is 6.41. The fourth-order valence-electron chi connectivity index (χ4n) is 7.99. The van der Waals surface area contributed by atoms with Crippen LogP contribution in [0, 0.1) is 11.8 Å². The summed E-state index contributed by atoms with van der Waals surface area (Å²) in [6.45, 7) is 4.46. The van der Waals surface area contributed by atoms with E-state index in [9.17, 15) is 13.2 Å². The van der Waals surface area contributed by atoms with Crippen molar-refractivity contribution in [3.63, 3.8) is 0 Å². The van der Waals surface area contributed by atoms with E-state index in [1.807, 2.05) is 12.1 Å². The predicted molar refractivity (Wildman–Crippen MR) is 161 cm³/mol. The molecule has 226 valence electrons. The molecule has 4 bridgehead atoms. The van der Waals surface area contributed by atoms with Crippen molar-refractivity contribution < 1.29 is 27.4 Å². The Balaban J connectivity index is 1.29. The second-order valence-electron chi connectivity index (χ2n) is 13.0. The van der Waals surface area contributed by atoms with Crippen molar-refractivity contribution >= 4 is 33.2 Å². The first-order valence-electron chi connectivity index (χ1n) is 15.3. The average Bonchev–Trinajstić information content (AvgIpc) is 3.07. The highest BCUT2D eigenvalue weighted by Gasteiger charge is 2.45. The van der Waals surface area contributed by atoms with Crippen molar-refractivity contribution in [1.82, 2.24) is 4.72 Å². The van der Waals surface area contributed by atoms with E-state index in [2.05, 4.69) is 21.8 Å². The topological polar surface area (TPSA) is 94.2 Å². The molecule has 1 N–H and O–H groups in total. The van der Waals surface area contributed by atoms with Gasteiger partial charge < -0.3 is 19.1 Å². The van der Waals surface area contributed by atoms with Crippen LogP contribution in [0.5, 0.6) is 5.75 Å². The predicted octanol–water partition coefficient (Wildman–Crippen LogP) is 4.87. The molecule has 7 rings (SSSR count). The maximum Gasteiger partial charge on any atom is 0.264 e. The Kier molecular flexibility index (Phi) is 7.44. The van der Waals surface area contributed by atoms with E-state index < -0.39 is 22.0 Å². The van der Waals surface area contributed by atoms with Gasteiger partial charge in [-0.15, -0.1) is 0 Å². The third-order valence-corrected chi connectivity index (χ3v) is 11.7. The van der Waals surface area contributed by atoms with Crippen molar-refractivity contribution in [1.29, 1.82) is 0 Å². The molecule has 0 radical (unpaired) electrons. The van der Waals surface area contributed by atoms with Crippen LogP contribution in [0.3, 0.4) is 0 Å². The van der Waals surface area contributed by atoms with Crippen molar-refractivity contribution in [3.8, 4) is 5.75 Å². The Morgan fingerprint density at radius 2 is 2.00 bits per heavy atom. The van der Waals surface area contributed by atoms with Crippen LogP contribution in [0.15, 0.2) is 36.4 Å². The third kappa shape index (κ3) is 5.42. The van der Waals surface area contributed by atoms with Gasteiger partial charge in [0.05, 0.1) is 36.4 Å². The van der Waals surface area contributed by atoms with E-state index >= 15 is 0 Å². The van der Waals surface area contributed by atoms with Gasteiger partial charge in [-0.2, -0.15) is 0 Å². The lowest BCUT2D eigenvalue weighted by atomic mass is 9.67. The molecular formula is C32H39ClN2O6S. The second kappa shape index (κ2) is 11.0. The minimum Gasteiger partial charge on any atom is -0.490 e. The number of fused-ring (bicyclic) bond motifs is 7. The summed E-state index contributed by atoms with van der Waals surface area (Å²) in [6, 6.07) is 11.5. The fourth-order valence-corrected chi connectivity index (χ4v) is 9.36. The summed E-state index contributed by atoms with van der Waals surface area (Å²) in [5.41, 5.74) is 3.48. The zero-order chi connectivity index (χ0) is 29.1. The first-order valence-corrected chi connectivity index (χ1v) is 17.3. The smallest absolute Gasteiger partial charge is 0.264 e. The van der Waals surface area contributed by atoms with Gasteiger partial charge in [0.1, 0.15) is 5.75 Å². The number of ether oxygens (including phenoxy) is 3. The third-order valence-electron chi connectivity index (χ3n) is 10.1. The molecule has 1 spiro atoms. The summed E-state index contributed by atoms with van der Waals surface area (Å²) in [5, 5.41) is 0.751. The van der Waals surface area contributed by atoms with Crippen LogP contribution in [-0.2, 0) is 31.3 Å². The number of nitrogens with zero attached hydrogens (tertiary/aromatic N) is 1. The number of benzene rings is 2. The molecule has 1 saturated heterocycles. The van der Waals surface area contributed by atoms with Crippen molar-refractivity contribution in [2.45, 2.75) is 75.6 Å². The molecule has 1 saturated carbocycles. The summed E-state index contributed by atoms with van der Waals surface area (Å²) < 4.78 is 47.3. The zero-order valence-corrected chi connectivity index (χ0v) is 25.6. The van der Waals surface area contributed by atoms with E-state index in [0.717, 1.165) is 74.5 Å². The number of rotatable bonds is 0. The second-order valence-corrected chi connectivity index (χ2v) is 15.2. The normalized spacial score (nSPS) is 34.2. The van der Waals surface area contributed by atoms with Crippen LogP contribution in [0.1, 0.15) is 66.9 Å². The van der Waals surface area contributed by atoms with Gasteiger partial charge in [-0.25, -0.2) is 13.1 Å². The lowest BCUT2D eigenvalue weighted by Gasteiger charge is -2.48. The molecular weight excluding hydrogens is 576 g/mol. The number of anilines is 1. The van der Waals surface area contributed by atoms with Gasteiger partial charge in [0.25, 0.3) is 5.91 Å². The molecule has 2 aromatic carbocycles. The molecule has 2 aliphatic carbocycles. The number of aryl methyl sites for hydroxylation is 1. The Morgan fingerprint density at radius 3 is 2.83 bits per heavy atom. The van der Waals surface area contributed by atoms with E-state index in [4.69, 9.17) is 25.8 Å². The largest absolute Gasteiger partial charge is 0.490 e. The fraction of sp³-hybridized carbons (Fsp3) is 0.594. The van der Waals surface area contributed by atoms with Crippen LogP contribution in [0.4, 0.5) is 5.69 Å². The van der Waals surface area contributed by atoms with Crippen molar-refractivity contribution in [2.75, 3.05) is 37.0 Å². The van der Waals surface area contributed by atoms with E-state index in [0.29, 0.717) is 30.6 Å². The highest BCUT2D eigenvalue weighted by molar-refractivity contribution is 7.90. The number of carbonyl (C=O) groups is 1. The van der Waals surface area contributed by atoms with Gasteiger partial charge in [-0.3, -0.25) is 4.79 Å². The SMILES string of the molecule is C[C@H]1CS(=O)(=O)NC(=O)c2ccc3c(c2)N(C[C@@H]2CC[C@H]2[C@H]2CC(CCO2)O1)C[C@@]1(CCCc2cc(Cl)ccc21)CO3. The van der Waals surface area contributed by atoms with Gasteiger partial charge in [0.15, 0.2) is 0 Å². The van der Waals surface area contributed by atoms with Gasteiger partial charge in [0, 0.05) is 42.1 Å². The zero-order valence-electron chi connectivity index (χ0n) is 24.0. The Bertz CT molecular complexity index is 1480. The summed E-state index contributed by atoms with van der Waals surface area (Å²) in [4.78, 5) is 15.7. The monoisotopic (exact) mass is 614 g/mol. The quantitative estimate of drug-likeness (QED) is 0.453. The van der Waals surface area contributed by atoms with Crippen molar-refractivity contribution in [2.24, 2.45) is 11.8 Å². The number of sulfonamides is 1. The highest BCUT2D eigenvalue weighted by Crippen LogP contribution is 2.47. The van der Waals surface area contributed by atoms with Gasteiger partial charge in [-0.1, -0.05) is 17.7 Å². The van der Waals surface area contributed by atoms with Crippen LogP contribution in [-0.4, -0.2) is 64.7 Å². The molecule has 8 nitrogen and oxygen atoms in total. The molecule has 10 heteroatoms. The molecule has 2 aromatic rings. The molecule has 3 aliphatic heterocycles. The Hall–Kier alpha value is -2.33. The number of nitrogens with one attached hydrogen (secondary N) is 1. The standard InChI is InChI=1S/C32H39ClN2O6S/c1-20-17-42(37,38)34-31(36)22-5-9-29-28(14-22)35(16-23-4-7-26(23)30-15-25(41-20)10-12-39-30)18-32(19-40-29)11-2-3-21-13-24(33)6-8-27(21)32/h5-6,8-9,13-14,20,23,25-26,30H,2-4,7,10-12,15-19H2,1H3,(H,34,36)/t20-,23-,25?,26+,30+,32-/m0/s1. The molecule has 1 unspecified atom stereocenters. The van der Waals surface area contributed by atoms with E-state index in [1.54, 1.807) is 19.1 Å². The first kappa shape index (κ1) is 28.4. The molecule has 42 heavy (non-hydrogen) atoms. The molecule has 3 heterocycles. The number of halogens is 1. The van der Waals surface area contributed by atoms with Gasteiger partial charge in [0.2, 0.25) is 10.0 Å². The van der Waals surface area contributed by atoms with Crippen LogP contribution < -0.4 is 14.4 Å².